The van der Waals surface area contributed by atoms with E-state index in [9.17, 15) is 0 Å². The molecule has 5 aliphatic carbocycles. The maximum absolute atomic E-state index is 6.19. The van der Waals surface area contributed by atoms with Crippen LogP contribution in [0.5, 0.6) is 11.5 Å². The molecule has 27 heavy (non-hydrogen) atoms. The molecule has 5 aliphatic rings. The van der Waals surface area contributed by atoms with Crippen molar-refractivity contribution < 1.29 is 9.47 Å². The van der Waals surface area contributed by atoms with Gasteiger partial charge in [-0.2, -0.15) is 0 Å². The van der Waals surface area contributed by atoms with Crippen molar-refractivity contribution in [3.63, 3.8) is 0 Å². The standard InChI is InChI=1S/C23H33NO2.ClH/c1-25-22-11-16(6-7-21(22)26-20-4-2-3-5-20)15-24-23-12-17-8-18(13-23)10-19(9-17)14-23;/h6-7,11,17-20,24H,2-5,8-10,12-15H2,1H3;1H. The number of methoxy groups -OCH3 is 1. The van der Waals surface area contributed by atoms with Crippen molar-refractivity contribution in [3.05, 3.63) is 23.8 Å². The second kappa shape index (κ2) is 7.83. The van der Waals surface area contributed by atoms with E-state index in [1.165, 1.54) is 69.8 Å². The van der Waals surface area contributed by atoms with E-state index in [0.29, 0.717) is 11.6 Å². The summed E-state index contributed by atoms with van der Waals surface area (Å²) in [5, 5.41) is 3.99. The molecule has 0 amide bonds. The van der Waals surface area contributed by atoms with Crippen molar-refractivity contribution in [1.29, 1.82) is 0 Å². The van der Waals surface area contributed by atoms with Gasteiger partial charge >= 0.3 is 0 Å². The topological polar surface area (TPSA) is 30.5 Å². The first kappa shape index (κ1) is 19.4. The zero-order chi connectivity index (χ0) is 17.6. The molecule has 0 radical (unpaired) electrons. The molecule has 6 rings (SSSR count). The third kappa shape index (κ3) is 3.96. The summed E-state index contributed by atoms with van der Waals surface area (Å²) in [5.74, 6) is 4.78. The molecule has 0 spiro atoms. The average Bonchev–Trinajstić information content (AvgIpc) is 3.13. The molecule has 0 aliphatic heterocycles. The Morgan fingerprint density at radius 2 is 1.59 bits per heavy atom. The van der Waals surface area contributed by atoms with E-state index in [-0.39, 0.29) is 12.4 Å². The van der Waals surface area contributed by atoms with Gasteiger partial charge in [0, 0.05) is 12.1 Å². The molecule has 1 N–H and O–H groups in total. The zero-order valence-electron chi connectivity index (χ0n) is 16.5. The Morgan fingerprint density at radius 3 is 2.19 bits per heavy atom. The minimum atomic E-state index is 0. The summed E-state index contributed by atoms with van der Waals surface area (Å²) < 4.78 is 11.8. The second-order valence-corrected chi connectivity index (χ2v) is 9.56. The van der Waals surface area contributed by atoms with Gasteiger partial charge in [-0.1, -0.05) is 6.07 Å². The van der Waals surface area contributed by atoms with Gasteiger partial charge in [-0.3, -0.25) is 0 Å². The summed E-state index contributed by atoms with van der Waals surface area (Å²) in [7, 11) is 1.76. The van der Waals surface area contributed by atoms with Crippen LogP contribution in [-0.2, 0) is 6.54 Å². The summed E-state index contributed by atoms with van der Waals surface area (Å²) >= 11 is 0. The highest BCUT2D eigenvalue weighted by atomic mass is 35.5. The molecule has 1 aromatic rings. The number of ether oxygens (including phenoxy) is 2. The molecule has 0 atom stereocenters. The lowest BCUT2D eigenvalue weighted by Gasteiger charge is -2.57. The molecule has 4 bridgehead atoms. The van der Waals surface area contributed by atoms with Gasteiger partial charge < -0.3 is 14.8 Å². The van der Waals surface area contributed by atoms with Crippen LogP contribution in [0.1, 0.15) is 69.8 Å². The highest BCUT2D eigenvalue weighted by Crippen LogP contribution is 2.55. The van der Waals surface area contributed by atoms with Gasteiger partial charge in [0.1, 0.15) is 0 Å². The van der Waals surface area contributed by atoms with Crippen LogP contribution in [0.3, 0.4) is 0 Å². The number of hydrogen-bond donors (Lipinski definition) is 1. The Hall–Kier alpha value is -0.930. The summed E-state index contributed by atoms with van der Waals surface area (Å²) in [4.78, 5) is 0. The van der Waals surface area contributed by atoms with Crippen LogP contribution in [-0.4, -0.2) is 18.8 Å². The first-order valence-corrected chi connectivity index (χ1v) is 10.8. The molecule has 0 aromatic heterocycles. The quantitative estimate of drug-likeness (QED) is 0.694. The Bertz CT molecular complexity index is 620. The van der Waals surface area contributed by atoms with Crippen molar-refractivity contribution in [1.82, 2.24) is 5.32 Å². The van der Waals surface area contributed by atoms with Crippen molar-refractivity contribution in [3.8, 4) is 11.5 Å². The maximum Gasteiger partial charge on any atom is 0.161 e. The number of benzene rings is 1. The van der Waals surface area contributed by atoms with Gasteiger partial charge in [0.25, 0.3) is 0 Å². The fourth-order valence-corrected chi connectivity index (χ4v) is 6.72. The highest BCUT2D eigenvalue weighted by Gasteiger charge is 2.50. The summed E-state index contributed by atoms with van der Waals surface area (Å²) in [6.45, 7) is 0.951. The molecule has 0 saturated heterocycles. The number of rotatable bonds is 6. The first-order chi connectivity index (χ1) is 12.7. The molecular formula is C23H34ClNO2. The lowest BCUT2D eigenvalue weighted by Crippen LogP contribution is -2.58. The van der Waals surface area contributed by atoms with Crippen molar-refractivity contribution in [2.24, 2.45) is 17.8 Å². The SMILES string of the molecule is COc1cc(CNC23CC4CC(CC(C4)C2)C3)ccc1OC1CCCC1.Cl. The van der Waals surface area contributed by atoms with E-state index in [1.807, 2.05) is 0 Å². The first-order valence-electron chi connectivity index (χ1n) is 10.8. The van der Waals surface area contributed by atoms with Crippen LogP contribution in [0.4, 0.5) is 0 Å². The van der Waals surface area contributed by atoms with Crippen molar-refractivity contribution in [2.45, 2.75) is 82.4 Å². The van der Waals surface area contributed by atoms with Gasteiger partial charge in [0.15, 0.2) is 11.5 Å². The van der Waals surface area contributed by atoms with Gasteiger partial charge in [0.05, 0.1) is 13.2 Å². The third-order valence-electron chi connectivity index (χ3n) is 7.53. The van der Waals surface area contributed by atoms with Crippen LogP contribution >= 0.6 is 12.4 Å². The van der Waals surface area contributed by atoms with Gasteiger partial charge in [-0.15, -0.1) is 12.4 Å². The van der Waals surface area contributed by atoms with E-state index in [4.69, 9.17) is 9.47 Å². The summed E-state index contributed by atoms with van der Waals surface area (Å²) in [5.41, 5.74) is 1.73. The molecule has 4 heteroatoms. The number of halogens is 1. The largest absolute Gasteiger partial charge is 0.493 e. The highest BCUT2D eigenvalue weighted by molar-refractivity contribution is 5.85. The van der Waals surface area contributed by atoms with Crippen LogP contribution in [0, 0.1) is 17.8 Å². The molecule has 3 nitrogen and oxygen atoms in total. The number of hydrogen-bond acceptors (Lipinski definition) is 3. The number of nitrogens with one attached hydrogen (secondary N) is 1. The summed E-state index contributed by atoms with van der Waals surface area (Å²) in [6.07, 6.45) is 14.0. The Morgan fingerprint density at radius 1 is 0.963 bits per heavy atom. The van der Waals surface area contributed by atoms with E-state index in [1.54, 1.807) is 7.11 Å². The summed E-state index contributed by atoms with van der Waals surface area (Å²) in [6, 6.07) is 6.52. The van der Waals surface area contributed by atoms with E-state index in [2.05, 4.69) is 23.5 Å². The van der Waals surface area contributed by atoms with Crippen LogP contribution in [0.2, 0.25) is 0 Å². The van der Waals surface area contributed by atoms with Gasteiger partial charge in [-0.25, -0.2) is 0 Å². The molecule has 1 aromatic carbocycles. The molecule has 0 unspecified atom stereocenters. The molecule has 0 heterocycles. The fraction of sp³-hybridized carbons (Fsp3) is 0.739. The molecule has 150 valence electrons. The predicted molar refractivity (Wildman–Crippen MR) is 111 cm³/mol. The zero-order valence-corrected chi connectivity index (χ0v) is 17.4. The van der Waals surface area contributed by atoms with Crippen LogP contribution in [0.15, 0.2) is 18.2 Å². The maximum atomic E-state index is 6.19. The van der Waals surface area contributed by atoms with Crippen molar-refractivity contribution in [2.75, 3.05) is 7.11 Å². The molecule has 5 saturated carbocycles. The minimum absolute atomic E-state index is 0. The van der Waals surface area contributed by atoms with E-state index < -0.39 is 0 Å². The van der Waals surface area contributed by atoms with E-state index >= 15 is 0 Å². The Balaban J connectivity index is 0.00000180. The Labute approximate surface area is 170 Å². The average molecular weight is 392 g/mol. The van der Waals surface area contributed by atoms with E-state index in [0.717, 1.165) is 35.8 Å². The third-order valence-corrected chi connectivity index (χ3v) is 7.53. The Kier molecular flexibility index (Phi) is 5.62. The van der Waals surface area contributed by atoms with Gasteiger partial charge in [-0.05, 0) is 99.7 Å². The van der Waals surface area contributed by atoms with Crippen LogP contribution in [0.25, 0.3) is 0 Å². The second-order valence-electron chi connectivity index (χ2n) is 9.56. The molecule has 5 fully saturated rings. The smallest absolute Gasteiger partial charge is 0.161 e. The van der Waals surface area contributed by atoms with Gasteiger partial charge in [0.2, 0.25) is 0 Å². The fourth-order valence-electron chi connectivity index (χ4n) is 6.72. The predicted octanol–water partition coefficient (Wildman–Crippen LogP) is 5.50. The lowest BCUT2D eigenvalue weighted by molar-refractivity contribution is -0.0206. The minimum Gasteiger partial charge on any atom is -0.493 e. The monoisotopic (exact) mass is 391 g/mol. The van der Waals surface area contributed by atoms with Crippen LogP contribution < -0.4 is 14.8 Å². The molecular weight excluding hydrogens is 358 g/mol. The normalized spacial score (nSPS) is 34.5. The lowest BCUT2D eigenvalue weighted by atomic mass is 9.53. The van der Waals surface area contributed by atoms with Crippen molar-refractivity contribution >= 4 is 12.4 Å².